The summed E-state index contributed by atoms with van der Waals surface area (Å²) in [4.78, 5) is 13.8. The zero-order valence-electron chi connectivity index (χ0n) is 11.2. The molecule has 0 unspecified atom stereocenters. The van der Waals surface area contributed by atoms with E-state index in [1.54, 1.807) is 17.8 Å². The van der Waals surface area contributed by atoms with Crippen LogP contribution in [0.15, 0.2) is 18.2 Å². The molecule has 1 rings (SSSR count). The summed E-state index contributed by atoms with van der Waals surface area (Å²) in [6, 6.07) is 5.57. The molecule has 4 nitrogen and oxygen atoms in total. The van der Waals surface area contributed by atoms with Gasteiger partial charge in [0.2, 0.25) is 5.91 Å². The molecule has 0 saturated heterocycles. The van der Waals surface area contributed by atoms with E-state index >= 15 is 0 Å². The number of hydrogen-bond donors (Lipinski definition) is 2. The molecule has 0 bridgehead atoms. The lowest BCUT2D eigenvalue weighted by atomic mass is 10.2. The molecule has 18 heavy (non-hydrogen) atoms. The first-order valence-electron chi connectivity index (χ1n) is 5.87. The van der Waals surface area contributed by atoms with E-state index in [4.69, 9.17) is 5.73 Å². The maximum atomic E-state index is 11.7. The minimum absolute atomic E-state index is 0.0157. The summed E-state index contributed by atoms with van der Waals surface area (Å²) in [5.74, 6) is 1.44. The van der Waals surface area contributed by atoms with Crippen molar-refractivity contribution in [3.8, 4) is 0 Å². The molecular formula is C13H21N3OS. The van der Waals surface area contributed by atoms with Crippen LogP contribution in [0.2, 0.25) is 0 Å². The van der Waals surface area contributed by atoms with Gasteiger partial charge in [0.05, 0.1) is 5.75 Å². The van der Waals surface area contributed by atoms with E-state index in [1.165, 1.54) is 0 Å². The molecule has 0 saturated carbocycles. The Morgan fingerprint density at radius 2 is 2.17 bits per heavy atom. The van der Waals surface area contributed by atoms with Crippen molar-refractivity contribution in [3.63, 3.8) is 0 Å². The van der Waals surface area contributed by atoms with Crippen LogP contribution in [0.3, 0.4) is 0 Å². The summed E-state index contributed by atoms with van der Waals surface area (Å²) < 4.78 is 0. The van der Waals surface area contributed by atoms with Crippen LogP contribution in [0.4, 0.5) is 11.4 Å². The quantitative estimate of drug-likeness (QED) is 0.609. The van der Waals surface area contributed by atoms with Gasteiger partial charge in [0.25, 0.3) is 0 Å². The summed E-state index contributed by atoms with van der Waals surface area (Å²) in [7, 11) is 4.05. The average molecular weight is 267 g/mol. The number of aryl methyl sites for hydroxylation is 1. The van der Waals surface area contributed by atoms with Crippen molar-refractivity contribution in [1.29, 1.82) is 0 Å². The van der Waals surface area contributed by atoms with Crippen molar-refractivity contribution >= 4 is 29.0 Å². The van der Waals surface area contributed by atoms with Gasteiger partial charge in [-0.15, -0.1) is 0 Å². The van der Waals surface area contributed by atoms with Gasteiger partial charge in [-0.05, 0) is 38.7 Å². The van der Waals surface area contributed by atoms with E-state index in [9.17, 15) is 4.79 Å². The minimum atomic E-state index is 0.0157. The molecule has 1 amide bonds. The van der Waals surface area contributed by atoms with Crippen molar-refractivity contribution in [1.82, 2.24) is 4.90 Å². The number of carbonyl (C=O) groups is 1. The Bertz CT molecular complexity index is 407. The minimum Gasteiger partial charge on any atom is -0.398 e. The summed E-state index contributed by atoms with van der Waals surface area (Å²) >= 11 is 1.63. The number of nitrogens with two attached hydrogens (primary N) is 1. The fraction of sp³-hybridized carbons (Fsp3) is 0.462. The molecule has 0 fully saturated rings. The van der Waals surface area contributed by atoms with Gasteiger partial charge in [-0.3, -0.25) is 4.79 Å². The van der Waals surface area contributed by atoms with Crippen molar-refractivity contribution in [2.75, 3.05) is 43.2 Å². The van der Waals surface area contributed by atoms with E-state index in [0.717, 1.165) is 23.5 Å². The molecule has 100 valence electrons. The third-order valence-electron chi connectivity index (χ3n) is 2.48. The molecule has 5 heteroatoms. The SMILES string of the molecule is Cc1ccc(NC(=O)CSCCN(C)C)cc1N. The molecule has 0 aliphatic rings. The predicted octanol–water partition coefficient (Wildman–Crippen LogP) is 1.81. The van der Waals surface area contributed by atoms with Gasteiger partial charge in [-0.1, -0.05) is 6.07 Å². The maximum Gasteiger partial charge on any atom is 0.234 e. The molecular weight excluding hydrogens is 246 g/mol. The molecule has 0 aromatic heterocycles. The average Bonchev–Trinajstić information content (AvgIpc) is 2.29. The summed E-state index contributed by atoms with van der Waals surface area (Å²) in [6.07, 6.45) is 0. The molecule has 0 atom stereocenters. The van der Waals surface area contributed by atoms with Crippen molar-refractivity contribution < 1.29 is 4.79 Å². The van der Waals surface area contributed by atoms with Gasteiger partial charge in [0.1, 0.15) is 0 Å². The fourth-order valence-corrected chi connectivity index (χ4v) is 2.22. The third kappa shape index (κ3) is 5.42. The number of anilines is 2. The first-order chi connectivity index (χ1) is 8.49. The Morgan fingerprint density at radius 3 is 2.78 bits per heavy atom. The Balaban J connectivity index is 2.33. The standard InChI is InChI=1S/C13H21N3OS/c1-10-4-5-11(8-12(10)14)15-13(17)9-18-7-6-16(2)3/h4-5,8H,6-7,9,14H2,1-3H3,(H,15,17). The Hall–Kier alpha value is -1.20. The Kier molecular flexibility index (Phi) is 6.01. The third-order valence-corrected chi connectivity index (χ3v) is 3.42. The molecule has 0 spiro atoms. The highest BCUT2D eigenvalue weighted by Gasteiger charge is 2.03. The number of rotatable bonds is 6. The topological polar surface area (TPSA) is 58.4 Å². The van der Waals surface area contributed by atoms with Crippen molar-refractivity contribution in [3.05, 3.63) is 23.8 Å². The number of nitrogen functional groups attached to an aromatic ring is 1. The largest absolute Gasteiger partial charge is 0.398 e. The molecule has 0 radical (unpaired) electrons. The first kappa shape index (κ1) is 14.9. The van der Waals surface area contributed by atoms with Crippen LogP contribution in [-0.4, -0.2) is 43.0 Å². The highest BCUT2D eigenvalue weighted by molar-refractivity contribution is 7.99. The van der Waals surface area contributed by atoms with Crippen molar-refractivity contribution in [2.45, 2.75) is 6.92 Å². The molecule has 1 aromatic rings. The van der Waals surface area contributed by atoms with E-state index in [-0.39, 0.29) is 5.91 Å². The number of amides is 1. The second kappa shape index (κ2) is 7.28. The lowest BCUT2D eigenvalue weighted by molar-refractivity contribution is -0.113. The van der Waals surface area contributed by atoms with Crippen LogP contribution in [-0.2, 0) is 4.79 Å². The second-order valence-corrected chi connectivity index (χ2v) is 5.58. The van der Waals surface area contributed by atoms with Gasteiger partial charge in [0, 0.05) is 23.7 Å². The highest BCUT2D eigenvalue weighted by Crippen LogP contribution is 2.17. The number of carbonyl (C=O) groups excluding carboxylic acids is 1. The number of nitrogens with zero attached hydrogens (tertiary/aromatic N) is 1. The van der Waals surface area contributed by atoms with Gasteiger partial charge in [-0.25, -0.2) is 0 Å². The van der Waals surface area contributed by atoms with Crippen LogP contribution in [0.1, 0.15) is 5.56 Å². The van der Waals surface area contributed by atoms with Gasteiger partial charge >= 0.3 is 0 Å². The first-order valence-corrected chi connectivity index (χ1v) is 7.03. The fourth-order valence-electron chi connectivity index (χ4n) is 1.33. The van der Waals surface area contributed by atoms with Gasteiger partial charge in [-0.2, -0.15) is 11.8 Å². The summed E-state index contributed by atoms with van der Waals surface area (Å²) in [6.45, 7) is 2.92. The van der Waals surface area contributed by atoms with Crippen LogP contribution in [0.5, 0.6) is 0 Å². The number of hydrogen-bond acceptors (Lipinski definition) is 4. The van der Waals surface area contributed by atoms with E-state index in [1.807, 2.05) is 33.2 Å². The van der Waals surface area contributed by atoms with Gasteiger partial charge in [0.15, 0.2) is 0 Å². The highest BCUT2D eigenvalue weighted by atomic mass is 32.2. The van der Waals surface area contributed by atoms with Crippen LogP contribution < -0.4 is 11.1 Å². The molecule has 3 N–H and O–H groups in total. The molecule has 0 aliphatic carbocycles. The lowest BCUT2D eigenvalue weighted by Gasteiger charge is -2.09. The molecule has 0 heterocycles. The lowest BCUT2D eigenvalue weighted by Crippen LogP contribution is -2.18. The van der Waals surface area contributed by atoms with Crippen LogP contribution >= 0.6 is 11.8 Å². The zero-order chi connectivity index (χ0) is 13.5. The Labute approximate surface area is 113 Å². The van der Waals surface area contributed by atoms with Crippen LogP contribution in [0.25, 0.3) is 0 Å². The number of benzene rings is 1. The molecule has 1 aromatic carbocycles. The zero-order valence-corrected chi connectivity index (χ0v) is 12.0. The number of thioether (sulfide) groups is 1. The number of nitrogens with one attached hydrogen (secondary N) is 1. The predicted molar refractivity (Wildman–Crippen MR) is 80.1 cm³/mol. The maximum absolute atomic E-state index is 11.7. The summed E-state index contributed by atoms with van der Waals surface area (Å²) in [5.41, 5.74) is 8.27. The normalized spacial score (nSPS) is 10.7. The smallest absolute Gasteiger partial charge is 0.234 e. The molecule has 0 aliphatic heterocycles. The Morgan fingerprint density at radius 1 is 1.44 bits per heavy atom. The summed E-state index contributed by atoms with van der Waals surface area (Å²) in [5, 5.41) is 2.84. The second-order valence-electron chi connectivity index (χ2n) is 4.48. The van der Waals surface area contributed by atoms with Crippen LogP contribution in [0, 0.1) is 6.92 Å². The monoisotopic (exact) mass is 267 g/mol. The van der Waals surface area contributed by atoms with E-state index in [2.05, 4.69) is 10.2 Å². The van der Waals surface area contributed by atoms with Crippen molar-refractivity contribution in [2.24, 2.45) is 0 Å². The van der Waals surface area contributed by atoms with E-state index in [0.29, 0.717) is 11.4 Å². The van der Waals surface area contributed by atoms with E-state index < -0.39 is 0 Å². The van der Waals surface area contributed by atoms with Gasteiger partial charge < -0.3 is 16.0 Å².